The first-order valence-electron chi connectivity index (χ1n) is 3.58. The Morgan fingerprint density at radius 1 is 1.09 bits per heavy atom. The van der Waals surface area contributed by atoms with Gasteiger partial charge in [0, 0.05) is 0 Å². The van der Waals surface area contributed by atoms with Gasteiger partial charge >= 0.3 is 51.4 Å². The molecule has 0 atom stereocenters. The van der Waals surface area contributed by atoms with Gasteiger partial charge in [-0.1, -0.05) is 20.8 Å². The van der Waals surface area contributed by atoms with Gasteiger partial charge in [-0.25, -0.2) is 0 Å². The van der Waals surface area contributed by atoms with Gasteiger partial charge in [0.2, 0.25) is 0 Å². The summed E-state index contributed by atoms with van der Waals surface area (Å²) in [6.07, 6.45) is 0.781. The maximum absolute atomic E-state index is 10.1. The van der Waals surface area contributed by atoms with Gasteiger partial charge in [-0.05, 0) is 25.7 Å². The molecule has 2 nitrogen and oxygen atoms in total. The molecule has 0 aromatic carbocycles. The van der Waals surface area contributed by atoms with Gasteiger partial charge in [-0.2, -0.15) is 0 Å². The van der Waals surface area contributed by atoms with Gasteiger partial charge in [0.1, 0.15) is 0 Å². The van der Waals surface area contributed by atoms with Crippen LogP contribution in [0.3, 0.4) is 0 Å². The quantitative estimate of drug-likeness (QED) is 0.297. The van der Waals surface area contributed by atoms with Crippen molar-refractivity contribution in [2.75, 3.05) is 0 Å². The van der Waals surface area contributed by atoms with Gasteiger partial charge < -0.3 is 10.1 Å². The Morgan fingerprint density at radius 2 is 1.45 bits per heavy atom. The Bertz CT molecular complexity index is 105. The summed E-state index contributed by atoms with van der Waals surface area (Å²) in [5, 5.41) is 10.1. The molecule has 0 aromatic heterocycles. The van der Waals surface area contributed by atoms with E-state index in [1.54, 1.807) is 0 Å². The molecule has 0 saturated heterocycles. The van der Waals surface area contributed by atoms with Crippen LogP contribution in [0, 0.1) is 5.41 Å². The molecule has 0 spiro atoms. The fourth-order valence-electron chi connectivity index (χ4n) is 1.31. The first-order valence-corrected chi connectivity index (χ1v) is 3.58. The number of hydrogen-bond donors (Lipinski definition) is 0. The molecule has 0 saturated carbocycles. The SMILES string of the molecule is CC(C)(C)CC(C)(C)O[O-].[K+]. The first-order chi connectivity index (χ1) is 4.27. The van der Waals surface area contributed by atoms with Gasteiger partial charge in [0.05, 0.1) is 5.60 Å². The summed E-state index contributed by atoms with van der Waals surface area (Å²) in [5.74, 6) is 0. The van der Waals surface area contributed by atoms with Crippen LogP contribution in [-0.2, 0) is 4.89 Å². The fourth-order valence-corrected chi connectivity index (χ4v) is 1.31. The summed E-state index contributed by atoms with van der Waals surface area (Å²) in [5.41, 5.74) is -0.369. The zero-order chi connectivity index (χ0) is 8.41. The Morgan fingerprint density at radius 3 is 1.55 bits per heavy atom. The van der Waals surface area contributed by atoms with Crippen LogP contribution in [0.1, 0.15) is 41.0 Å². The van der Waals surface area contributed by atoms with E-state index in [9.17, 15) is 5.26 Å². The Labute approximate surface area is 112 Å². The van der Waals surface area contributed by atoms with Crippen LogP contribution in [0.2, 0.25) is 0 Å². The van der Waals surface area contributed by atoms with E-state index in [2.05, 4.69) is 25.7 Å². The van der Waals surface area contributed by atoms with E-state index in [1.165, 1.54) is 0 Å². The van der Waals surface area contributed by atoms with E-state index >= 15 is 0 Å². The van der Waals surface area contributed by atoms with Crippen LogP contribution >= 0.6 is 0 Å². The summed E-state index contributed by atoms with van der Waals surface area (Å²) in [6, 6.07) is 0. The van der Waals surface area contributed by atoms with E-state index in [1.807, 2.05) is 13.8 Å². The van der Waals surface area contributed by atoms with Crippen LogP contribution in [-0.4, -0.2) is 5.60 Å². The largest absolute Gasteiger partial charge is 1.00 e. The van der Waals surface area contributed by atoms with Gasteiger partial charge in [0.25, 0.3) is 0 Å². The minimum absolute atomic E-state index is 0. The molecular formula is C8H17KO2. The average molecular weight is 184 g/mol. The predicted molar refractivity (Wildman–Crippen MR) is 39.2 cm³/mol. The maximum atomic E-state index is 10.1. The van der Waals surface area contributed by atoms with Crippen molar-refractivity contribution in [3.63, 3.8) is 0 Å². The summed E-state index contributed by atoms with van der Waals surface area (Å²) in [4.78, 5) is 4.06. The van der Waals surface area contributed by atoms with Crippen molar-refractivity contribution < 1.29 is 61.5 Å². The van der Waals surface area contributed by atoms with Crippen molar-refractivity contribution in [2.45, 2.75) is 46.6 Å². The second-order valence-corrected chi connectivity index (χ2v) is 4.58. The minimum Gasteiger partial charge on any atom is -0.723 e. The molecule has 0 N–H and O–H groups in total. The van der Waals surface area contributed by atoms with Crippen molar-refractivity contribution in [3.05, 3.63) is 0 Å². The summed E-state index contributed by atoms with van der Waals surface area (Å²) < 4.78 is 0. The zero-order valence-corrected chi connectivity index (χ0v) is 11.6. The van der Waals surface area contributed by atoms with Gasteiger partial charge in [0.15, 0.2) is 0 Å². The molecule has 0 aliphatic heterocycles. The normalized spacial score (nSPS) is 12.5. The van der Waals surface area contributed by atoms with Crippen LogP contribution in [0.25, 0.3) is 0 Å². The van der Waals surface area contributed by atoms with E-state index in [-0.39, 0.29) is 56.8 Å². The molecular weight excluding hydrogens is 167 g/mol. The zero-order valence-electron chi connectivity index (χ0n) is 8.52. The van der Waals surface area contributed by atoms with Crippen molar-refractivity contribution in [2.24, 2.45) is 5.41 Å². The molecule has 0 radical (unpaired) electrons. The smallest absolute Gasteiger partial charge is 0.723 e. The molecule has 0 aliphatic carbocycles. The van der Waals surface area contributed by atoms with Crippen molar-refractivity contribution >= 4 is 0 Å². The van der Waals surface area contributed by atoms with E-state index in [0.717, 1.165) is 6.42 Å². The number of hydrogen-bond acceptors (Lipinski definition) is 2. The average Bonchev–Trinajstić information content (AvgIpc) is 1.60. The molecule has 3 heteroatoms. The van der Waals surface area contributed by atoms with Crippen LogP contribution in [0.4, 0.5) is 0 Å². The van der Waals surface area contributed by atoms with Crippen LogP contribution in [0.15, 0.2) is 0 Å². The molecule has 11 heavy (non-hydrogen) atoms. The molecule has 0 rings (SSSR count). The second-order valence-electron chi connectivity index (χ2n) is 4.58. The van der Waals surface area contributed by atoms with Crippen LogP contribution in [0.5, 0.6) is 0 Å². The molecule has 0 fully saturated rings. The Kier molecular flexibility index (Phi) is 7.28. The fraction of sp³-hybridized carbons (Fsp3) is 1.00. The van der Waals surface area contributed by atoms with E-state index in [0.29, 0.717) is 0 Å². The minimum atomic E-state index is -0.530. The maximum Gasteiger partial charge on any atom is 1.00 e. The van der Waals surface area contributed by atoms with E-state index < -0.39 is 5.60 Å². The third-order valence-electron chi connectivity index (χ3n) is 1.18. The monoisotopic (exact) mass is 184 g/mol. The Hall–Kier alpha value is 1.56. The second kappa shape index (κ2) is 5.32. The first kappa shape index (κ1) is 15.0. The molecule has 0 amide bonds. The summed E-state index contributed by atoms with van der Waals surface area (Å²) in [6.45, 7) is 9.89. The predicted octanol–water partition coefficient (Wildman–Crippen LogP) is -1.50. The molecule has 0 bridgehead atoms. The topological polar surface area (TPSA) is 32.3 Å². The van der Waals surface area contributed by atoms with Crippen LogP contribution < -0.4 is 56.6 Å². The third-order valence-corrected chi connectivity index (χ3v) is 1.18. The molecule has 0 aliphatic rings. The molecule has 0 unspecified atom stereocenters. The molecule has 0 aromatic rings. The number of rotatable bonds is 2. The van der Waals surface area contributed by atoms with Crippen molar-refractivity contribution in [3.8, 4) is 0 Å². The standard InChI is InChI=1S/C8H18O2.K/c1-7(2,3)6-8(4,5)10-9;/h9H,6H2,1-5H3;/q;+1/p-1. The summed E-state index contributed by atoms with van der Waals surface area (Å²) in [7, 11) is 0. The molecule has 62 valence electrons. The van der Waals surface area contributed by atoms with Gasteiger partial charge in [-0.15, -0.1) is 0 Å². The summed E-state index contributed by atoms with van der Waals surface area (Å²) >= 11 is 0. The molecule has 0 heterocycles. The van der Waals surface area contributed by atoms with Gasteiger partial charge in [-0.3, -0.25) is 0 Å². The van der Waals surface area contributed by atoms with Crippen molar-refractivity contribution in [1.29, 1.82) is 0 Å². The third kappa shape index (κ3) is 9.47. The van der Waals surface area contributed by atoms with E-state index in [4.69, 9.17) is 0 Å². The Balaban J connectivity index is 0. The van der Waals surface area contributed by atoms with Crippen molar-refractivity contribution in [1.82, 2.24) is 0 Å².